The fraction of sp³-hybridized carbons (Fsp3) is 0.167. The van der Waals surface area contributed by atoms with Gasteiger partial charge >= 0.3 is 12.4 Å². The van der Waals surface area contributed by atoms with Crippen molar-refractivity contribution in [2.45, 2.75) is 18.4 Å². The van der Waals surface area contributed by atoms with Gasteiger partial charge in [0.1, 0.15) is 11.7 Å². The molecule has 0 amide bonds. The van der Waals surface area contributed by atoms with E-state index in [0.717, 1.165) is 0 Å². The van der Waals surface area contributed by atoms with Crippen LogP contribution in [0.2, 0.25) is 0 Å². The molecular weight excluding hydrogens is 358 g/mol. The number of benzene rings is 2. The molecule has 0 N–H and O–H groups in total. The van der Waals surface area contributed by atoms with Gasteiger partial charge in [0, 0.05) is 6.07 Å². The molecule has 1 heterocycles. The minimum Gasteiger partial charge on any atom is -0.248 e. The Hall–Kier alpha value is -2.77. The Bertz CT molecular complexity index is 938. The number of hydrogen-bond donors (Lipinski definition) is 0. The minimum atomic E-state index is -4.97. The maximum Gasteiger partial charge on any atom is 0.435 e. The zero-order valence-electron chi connectivity index (χ0n) is 12.9. The zero-order valence-corrected chi connectivity index (χ0v) is 12.9. The zero-order chi connectivity index (χ0) is 18.7. The summed E-state index contributed by atoms with van der Waals surface area (Å²) in [4.78, 5) is 0. The first-order valence-electron chi connectivity index (χ1n) is 7.60. The molecule has 0 radical (unpaired) electrons. The van der Waals surface area contributed by atoms with Crippen LogP contribution in [0, 0.1) is 0 Å². The first-order valence-corrected chi connectivity index (χ1v) is 7.60. The lowest BCUT2D eigenvalue weighted by Gasteiger charge is -2.19. The van der Waals surface area contributed by atoms with Crippen LogP contribution in [-0.2, 0) is 12.4 Å². The van der Waals surface area contributed by atoms with Crippen molar-refractivity contribution in [2.75, 3.05) is 0 Å². The molecule has 0 unspecified atom stereocenters. The van der Waals surface area contributed by atoms with Gasteiger partial charge in [0.2, 0.25) is 0 Å². The number of halogens is 6. The van der Waals surface area contributed by atoms with E-state index in [1.54, 1.807) is 48.5 Å². The number of nitrogens with zero attached hydrogens (tertiary/aromatic N) is 2. The Morgan fingerprint density at radius 1 is 0.731 bits per heavy atom. The number of rotatable bonds is 1. The van der Waals surface area contributed by atoms with Crippen LogP contribution in [0.5, 0.6) is 0 Å². The van der Waals surface area contributed by atoms with Crippen LogP contribution in [0.25, 0.3) is 11.1 Å². The van der Waals surface area contributed by atoms with E-state index in [-0.39, 0.29) is 6.07 Å². The highest BCUT2D eigenvalue weighted by Crippen LogP contribution is 2.47. The van der Waals surface area contributed by atoms with Gasteiger partial charge < -0.3 is 0 Å². The first kappa shape index (κ1) is 16.7. The maximum atomic E-state index is 13.4. The third kappa shape index (κ3) is 2.48. The summed E-state index contributed by atoms with van der Waals surface area (Å²) in [5.41, 5.74) is -0.657. The van der Waals surface area contributed by atoms with Gasteiger partial charge in [-0.2, -0.15) is 31.4 Å². The number of fused-ring (bicyclic) bond motifs is 3. The maximum absolute atomic E-state index is 13.4. The van der Waals surface area contributed by atoms with Crippen LogP contribution in [0.3, 0.4) is 0 Å². The second-order valence-electron chi connectivity index (χ2n) is 5.93. The Morgan fingerprint density at radius 3 is 1.69 bits per heavy atom. The molecule has 1 aliphatic carbocycles. The van der Waals surface area contributed by atoms with E-state index in [2.05, 4.69) is 5.10 Å². The molecule has 3 aromatic rings. The third-order valence-electron chi connectivity index (χ3n) is 4.36. The van der Waals surface area contributed by atoms with E-state index < -0.39 is 29.8 Å². The van der Waals surface area contributed by atoms with Gasteiger partial charge in [-0.25, -0.2) is 4.68 Å². The lowest BCUT2D eigenvalue weighted by molar-refractivity contribution is -0.144. The van der Waals surface area contributed by atoms with Crippen LogP contribution in [0.15, 0.2) is 54.6 Å². The van der Waals surface area contributed by atoms with Gasteiger partial charge in [0.15, 0.2) is 5.69 Å². The molecule has 1 aromatic heterocycles. The molecule has 0 atom stereocenters. The molecule has 0 fully saturated rings. The van der Waals surface area contributed by atoms with Crippen molar-refractivity contribution in [3.05, 3.63) is 77.1 Å². The second-order valence-corrected chi connectivity index (χ2v) is 5.93. The number of alkyl halides is 6. The standard InChI is InChI=1S/C18H10F6N2/c19-17(20,21)14-9-15(18(22,23)24)26(25-14)16-12-7-3-1-5-10(12)11-6-2-4-8-13(11)16/h1-9,16H. The van der Waals surface area contributed by atoms with Crippen molar-refractivity contribution < 1.29 is 26.3 Å². The van der Waals surface area contributed by atoms with Crippen molar-refractivity contribution in [3.8, 4) is 11.1 Å². The summed E-state index contributed by atoms with van der Waals surface area (Å²) in [5.74, 6) is 0. The van der Waals surface area contributed by atoms with Crippen LogP contribution in [0.1, 0.15) is 28.6 Å². The summed E-state index contributed by atoms with van der Waals surface area (Å²) in [6.07, 6.45) is -9.94. The summed E-state index contributed by atoms with van der Waals surface area (Å²) < 4.78 is 79.7. The largest absolute Gasteiger partial charge is 0.435 e. The molecule has 0 bridgehead atoms. The van der Waals surface area contributed by atoms with Crippen molar-refractivity contribution in [1.82, 2.24) is 9.78 Å². The summed E-state index contributed by atoms with van der Waals surface area (Å²) in [5, 5.41) is 3.30. The predicted molar refractivity (Wildman–Crippen MR) is 81.4 cm³/mol. The van der Waals surface area contributed by atoms with Crippen molar-refractivity contribution in [2.24, 2.45) is 0 Å². The predicted octanol–water partition coefficient (Wildman–Crippen LogP) is 5.54. The fourth-order valence-electron chi connectivity index (χ4n) is 3.33. The lowest BCUT2D eigenvalue weighted by Crippen LogP contribution is -2.20. The highest BCUT2D eigenvalue weighted by molar-refractivity contribution is 5.78. The van der Waals surface area contributed by atoms with Gasteiger partial charge in [-0.3, -0.25) is 0 Å². The summed E-state index contributed by atoms with van der Waals surface area (Å²) in [6.45, 7) is 0. The van der Waals surface area contributed by atoms with Crippen LogP contribution >= 0.6 is 0 Å². The Morgan fingerprint density at radius 2 is 1.23 bits per heavy atom. The average Bonchev–Trinajstić information content (AvgIpc) is 3.13. The van der Waals surface area contributed by atoms with Crippen molar-refractivity contribution >= 4 is 0 Å². The van der Waals surface area contributed by atoms with Gasteiger partial charge in [-0.1, -0.05) is 48.5 Å². The van der Waals surface area contributed by atoms with E-state index >= 15 is 0 Å². The number of hydrogen-bond acceptors (Lipinski definition) is 1. The van der Waals surface area contributed by atoms with Gasteiger partial charge in [0.25, 0.3) is 0 Å². The lowest BCUT2D eigenvalue weighted by atomic mass is 10.1. The van der Waals surface area contributed by atoms with E-state index in [9.17, 15) is 26.3 Å². The van der Waals surface area contributed by atoms with Gasteiger partial charge in [-0.15, -0.1) is 0 Å². The third-order valence-corrected chi connectivity index (χ3v) is 4.36. The SMILES string of the molecule is FC(F)(F)c1cc(C(F)(F)F)n(C2c3ccccc3-c3ccccc32)n1. The molecule has 26 heavy (non-hydrogen) atoms. The first-order chi connectivity index (χ1) is 12.2. The van der Waals surface area contributed by atoms with Crippen molar-refractivity contribution in [3.63, 3.8) is 0 Å². The van der Waals surface area contributed by atoms with E-state index in [1.165, 1.54) is 0 Å². The van der Waals surface area contributed by atoms with Crippen LogP contribution in [0.4, 0.5) is 26.3 Å². The Balaban J connectivity index is 2.00. The molecular formula is C18H10F6N2. The normalized spacial score (nSPS) is 14.4. The molecule has 134 valence electrons. The minimum absolute atomic E-state index is 0.0591. The van der Waals surface area contributed by atoms with Crippen LogP contribution < -0.4 is 0 Å². The number of aromatic nitrogens is 2. The molecule has 1 aliphatic rings. The smallest absolute Gasteiger partial charge is 0.248 e. The highest BCUT2D eigenvalue weighted by atomic mass is 19.4. The topological polar surface area (TPSA) is 17.8 Å². The summed E-state index contributed by atoms with van der Waals surface area (Å²) in [6, 6.07) is 12.4. The van der Waals surface area contributed by atoms with E-state index in [4.69, 9.17) is 0 Å². The molecule has 2 aromatic carbocycles. The molecule has 4 rings (SSSR count). The Labute approximate surface area is 143 Å². The molecule has 8 heteroatoms. The second kappa shape index (κ2) is 5.36. The van der Waals surface area contributed by atoms with Gasteiger partial charge in [0.05, 0.1) is 0 Å². The quantitative estimate of drug-likeness (QED) is 0.404. The average molecular weight is 368 g/mol. The molecule has 0 aliphatic heterocycles. The molecule has 0 saturated carbocycles. The highest BCUT2D eigenvalue weighted by Gasteiger charge is 2.44. The molecule has 0 saturated heterocycles. The van der Waals surface area contributed by atoms with E-state index in [1.807, 2.05) is 0 Å². The molecule has 2 nitrogen and oxygen atoms in total. The fourth-order valence-corrected chi connectivity index (χ4v) is 3.33. The molecule has 0 spiro atoms. The monoisotopic (exact) mass is 368 g/mol. The van der Waals surface area contributed by atoms with Gasteiger partial charge in [-0.05, 0) is 22.3 Å². The summed E-state index contributed by atoms with van der Waals surface area (Å²) in [7, 11) is 0. The van der Waals surface area contributed by atoms with Crippen molar-refractivity contribution in [1.29, 1.82) is 0 Å². The Kier molecular flexibility index (Phi) is 3.44. The van der Waals surface area contributed by atoms with Crippen LogP contribution in [-0.4, -0.2) is 9.78 Å². The summed E-state index contributed by atoms with van der Waals surface area (Å²) >= 11 is 0. The van der Waals surface area contributed by atoms with E-state index in [0.29, 0.717) is 26.9 Å².